The van der Waals surface area contributed by atoms with E-state index in [9.17, 15) is 27.6 Å². The number of carboxylic acid groups (broad SMARTS) is 1. The molecular formula is C18H25F3N6O7. The molecule has 0 radical (unpaired) electrons. The van der Waals surface area contributed by atoms with Crippen molar-refractivity contribution in [3.8, 4) is 0 Å². The second kappa shape index (κ2) is 12.2. The lowest BCUT2D eigenvalue weighted by Gasteiger charge is -2.20. The lowest BCUT2D eigenvalue weighted by molar-refractivity contribution is -0.192. The molecule has 0 amide bonds. The fourth-order valence-corrected chi connectivity index (χ4v) is 2.77. The first-order valence-corrected chi connectivity index (χ1v) is 9.96. The molecule has 1 fully saturated rings. The van der Waals surface area contributed by atoms with Gasteiger partial charge in [0.25, 0.3) is 5.56 Å². The number of alkyl halides is 3. The van der Waals surface area contributed by atoms with Gasteiger partial charge in [-0.2, -0.15) is 13.2 Å². The van der Waals surface area contributed by atoms with E-state index in [2.05, 4.69) is 15.0 Å². The van der Waals surface area contributed by atoms with Gasteiger partial charge < -0.3 is 20.3 Å². The quantitative estimate of drug-likeness (QED) is 0.218. The molecule has 0 aromatic carbocycles. The standard InChI is InChI=1S/C16H24N6O5.C2HF3O2/c1-4-8(2)13(17)15(24)26-7-11-10(20-21-18)5-12(27-11)22-6-9(3)14(23)19-16(22)25;3-2(4,5)1(6)7/h6,8,10-13H,4-5,7,17H2,1-3H3,(H,19,23,25);(H,6,7)/t8?,10?,11-,12-,13?;/m1./s1. The molecule has 1 aromatic rings. The van der Waals surface area contributed by atoms with Gasteiger partial charge in [-0.3, -0.25) is 19.1 Å². The molecule has 3 unspecified atom stereocenters. The highest BCUT2D eigenvalue weighted by molar-refractivity contribution is 5.75. The van der Waals surface area contributed by atoms with Gasteiger partial charge >= 0.3 is 23.8 Å². The number of hydrogen-bond acceptors (Lipinski definition) is 8. The van der Waals surface area contributed by atoms with Gasteiger partial charge in [-0.25, -0.2) is 9.59 Å². The van der Waals surface area contributed by atoms with Crippen LogP contribution in [0.2, 0.25) is 0 Å². The third kappa shape index (κ3) is 7.90. The molecule has 4 N–H and O–H groups in total. The summed E-state index contributed by atoms with van der Waals surface area (Å²) in [6.07, 6.45) is -4.25. The molecule has 1 saturated heterocycles. The van der Waals surface area contributed by atoms with Gasteiger partial charge in [0.2, 0.25) is 0 Å². The monoisotopic (exact) mass is 494 g/mol. The number of azide groups is 1. The molecule has 1 aromatic heterocycles. The molecule has 34 heavy (non-hydrogen) atoms. The third-order valence-electron chi connectivity index (χ3n) is 5.02. The Balaban J connectivity index is 0.000000718. The molecule has 0 saturated carbocycles. The average molecular weight is 494 g/mol. The number of rotatable bonds is 7. The number of halogens is 3. The number of carbonyl (C=O) groups excluding carboxylic acids is 1. The number of nitrogens with two attached hydrogens (primary N) is 1. The number of carboxylic acids is 1. The Labute approximate surface area is 190 Å². The first-order chi connectivity index (χ1) is 15.7. The van der Waals surface area contributed by atoms with Crippen LogP contribution in [0.3, 0.4) is 0 Å². The highest BCUT2D eigenvalue weighted by atomic mass is 19.4. The summed E-state index contributed by atoms with van der Waals surface area (Å²) < 4.78 is 44.0. The maximum Gasteiger partial charge on any atom is 0.490 e. The number of nitrogens with zero attached hydrogens (tertiary/aromatic N) is 4. The summed E-state index contributed by atoms with van der Waals surface area (Å²) in [5.41, 5.74) is 13.8. The zero-order valence-corrected chi connectivity index (χ0v) is 18.5. The van der Waals surface area contributed by atoms with Crippen molar-refractivity contribution in [2.75, 3.05) is 6.61 Å². The summed E-state index contributed by atoms with van der Waals surface area (Å²) in [7, 11) is 0. The molecule has 0 aliphatic carbocycles. The van der Waals surface area contributed by atoms with Crippen molar-refractivity contribution in [3.05, 3.63) is 43.0 Å². The highest BCUT2D eigenvalue weighted by Crippen LogP contribution is 2.30. The van der Waals surface area contributed by atoms with Crippen LogP contribution in [0.5, 0.6) is 0 Å². The second-order valence-corrected chi connectivity index (χ2v) is 7.46. The number of ether oxygens (including phenoxy) is 2. The first-order valence-electron chi connectivity index (χ1n) is 9.96. The van der Waals surface area contributed by atoms with Crippen LogP contribution in [0.25, 0.3) is 10.4 Å². The molecule has 0 spiro atoms. The van der Waals surface area contributed by atoms with Gasteiger partial charge in [0.05, 0.1) is 6.04 Å². The van der Waals surface area contributed by atoms with E-state index in [-0.39, 0.29) is 18.9 Å². The van der Waals surface area contributed by atoms with E-state index in [0.29, 0.717) is 5.56 Å². The zero-order chi connectivity index (χ0) is 26.2. The fraction of sp³-hybridized carbons (Fsp3) is 0.667. The summed E-state index contributed by atoms with van der Waals surface area (Å²) in [5.74, 6) is -3.36. The smallest absolute Gasteiger partial charge is 0.475 e. The number of aryl methyl sites for hydroxylation is 1. The molecule has 5 atom stereocenters. The minimum absolute atomic E-state index is 0.0367. The minimum Gasteiger partial charge on any atom is -0.475 e. The fourth-order valence-electron chi connectivity index (χ4n) is 2.77. The molecule has 16 heteroatoms. The van der Waals surface area contributed by atoms with E-state index in [4.69, 9.17) is 30.6 Å². The van der Waals surface area contributed by atoms with E-state index in [1.807, 2.05) is 13.8 Å². The van der Waals surface area contributed by atoms with Crippen molar-refractivity contribution < 1.29 is 37.3 Å². The molecular weight excluding hydrogens is 469 g/mol. The van der Waals surface area contributed by atoms with Crippen LogP contribution in [-0.2, 0) is 19.1 Å². The first kappa shape index (κ1) is 28.7. The van der Waals surface area contributed by atoms with Crippen molar-refractivity contribution in [1.29, 1.82) is 0 Å². The maximum absolute atomic E-state index is 12.1. The molecule has 2 rings (SSSR count). The summed E-state index contributed by atoms with van der Waals surface area (Å²) in [4.78, 5) is 49.5. The summed E-state index contributed by atoms with van der Waals surface area (Å²) >= 11 is 0. The van der Waals surface area contributed by atoms with Gasteiger partial charge in [-0.05, 0) is 18.4 Å². The van der Waals surface area contributed by atoms with Crippen LogP contribution in [0, 0.1) is 12.8 Å². The zero-order valence-electron chi connectivity index (χ0n) is 18.5. The largest absolute Gasteiger partial charge is 0.490 e. The molecule has 0 bridgehead atoms. The van der Waals surface area contributed by atoms with Gasteiger partial charge in [-0.1, -0.05) is 25.4 Å². The van der Waals surface area contributed by atoms with E-state index in [1.54, 1.807) is 6.92 Å². The normalized spacial score (nSPS) is 21.4. The van der Waals surface area contributed by atoms with Crippen LogP contribution >= 0.6 is 0 Å². The maximum atomic E-state index is 12.1. The van der Waals surface area contributed by atoms with E-state index < -0.39 is 53.8 Å². The number of aromatic amines is 1. The van der Waals surface area contributed by atoms with Crippen molar-refractivity contribution >= 4 is 11.9 Å². The molecule has 2 heterocycles. The number of carbonyl (C=O) groups is 2. The third-order valence-corrected chi connectivity index (χ3v) is 5.02. The van der Waals surface area contributed by atoms with Crippen molar-refractivity contribution in [1.82, 2.24) is 9.55 Å². The minimum atomic E-state index is -5.08. The Kier molecular flexibility index (Phi) is 10.3. The Morgan fingerprint density at radius 2 is 2.06 bits per heavy atom. The summed E-state index contributed by atoms with van der Waals surface area (Å²) in [5, 5.41) is 10.8. The SMILES string of the molecule is CCC(C)C(N)C(=O)OC[C@H]1O[C@@H](n2cc(C)c(=O)[nH]c2=O)CC1N=[N+]=[N-].O=C(O)C(F)(F)F. The van der Waals surface area contributed by atoms with E-state index in [0.717, 1.165) is 6.42 Å². The predicted octanol–water partition coefficient (Wildman–Crippen LogP) is 1.36. The Bertz CT molecular complexity index is 1030. The highest BCUT2D eigenvalue weighted by Gasteiger charge is 2.38. The number of aliphatic carboxylic acids is 1. The average Bonchev–Trinajstić information content (AvgIpc) is 3.15. The molecule has 1 aliphatic heterocycles. The number of hydrogen-bond donors (Lipinski definition) is 3. The Morgan fingerprint density at radius 3 is 2.56 bits per heavy atom. The summed E-state index contributed by atoms with van der Waals surface area (Å²) in [6.45, 7) is 5.18. The number of H-pyrrole nitrogens is 1. The van der Waals surface area contributed by atoms with E-state index >= 15 is 0 Å². The number of esters is 1. The van der Waals surface area contributed by atoms with Gasteiger partial charge in [0, 0.05) is 23.1 Å². The van der Waals surface area contributed by atoms with Crippen LogP contribution in [0.15, 0.2) is 20.9 Å². The van der Waals surface area contributed by atoms with Gasteiger partial charge in [0.15, 0.2) is 0 Å². The lowest BCUT2D eigenvalue weighted by atomic mass is 10.0. The van der Waals surface area contributed by atoms with Gasteiger partial charge in [0.1, 0.15) is 25.0 Å². The lowest BCUT2D eigenvalue weighted by Crippen LogP contribution is -2.40. The number of aromatic nitrogens is 2. The predicted molar refractivity (Wildman–Crippen MR) is 110 cm³/mol. The molecule has 13 nitrogen and oxygen atoms in total. The van der Waals surface area contributed by atoms with Crippen LogP contribution in [0.4, 0.5) is 13.2 Å². The number of nitrogens with one attached hydrogen (secondary N) is 1. The van der Waals surface area contributed by atoms with Crippen LogP contribution in [-0.4, -0.2) is 57.6 Å². The van der Waals surface area contributed by atoms with Crippen molar-refractivity contribution in [2.24, 2.45) is 16.8 Å². The second-order valence-electron chi connectivity index (χ2n) is 7.46. The summed E-state index contributed by atoms with van der Waals surface area (Å²) in [6, 6.07) is -1.39. The Hall–Kier alpha value is -3.36. The van der Waals surface area contributed by atoms with Crippen LogP contribution in [0.1, 0.15) is 38.5 Å². The Morgan fingerprint density at radius 1 is 1.47 bits per heavy atom. The van der Waals surface area contributed by atoms with Crippen molar-refractivity contribution in [3.63, 3.8) is 0 Å². The van der Waals surface area contributed by atoms with Gasteiger partial charge in [-0.15, -0.1) is 0 Å². The van der Waals surface area contributed by atoms with Crippen molar-refractivity contribution in [2.45, 2.75) is 64.2 Å². The van der Waals surface area contributed by atoms with E-state index in [1.165, 1.54) is 10.8 Å². The topological polar surface area (TPSA) is 202 Å². The molecule has 190 valence electrons. The molecule has 1 aliphatic rings. The van der Waals surface area contributed by atoms with Crippen LogP contribution < -0.4 is 17.0 Å².